The Morgan fingerprint density at radius 2 is 2.35 bits per heavy atom. The maximum absolute atomic E-state index is 10.1. The summed E-state index contributed by atoms with van der Waals surface area (Å²) < 4.78 is 6.17. The van der Waals surface area contributed by atoms with Crippen LogP contribution >= 0.6 is 15.9 Å². The summed E-state index contributed by atoms with van der Waals surface area (Å²) in [5.41, 5.74) is 0.757. The number of aromatic amines is 1. The monoisotopic (exact) mass is 296 g/mol. The number of aliphatic hydroxyl groups excluding tert-OH is 1. The van der Waals surface area contributed by atoms with Crippen molar-refractivity contribution in [3.63, 3.8) is 0 Å². The second kappa shape index (κ2) is 5.33. The van der Waals surface area contributed by atoms with Crippen LogP contribution in [0.5, 0.6) is 5.75 Å². The molecule has 2 aromatic rings. The lowest BCUT2D eigenvalue weighted by atomic mass is 10.1. The Labute approximate surface area is 108 Å². The molecular weight excluding hydrogens is 284 g/mol. The van der Waals surface area contributed by atoms with Gasteiger partial charge in [0.15, 0.2) is 0 Å². The predicted molar refractivity (Wildman–Crippen MR) is 67.9 cm³/mol. The zero-order valence-electron chi connectivity index (χ0n) is 9.35. The zero-order valence-corrected chi connectivity index (χ0v) is 10.9. The Morgan fingerprint density at radius 1 is 1.53 bits per heavy atom. The highest BCUT2D eigenvalue weighted by Crippen LogP contribution is 2.29. The van der Waals surface area contributed by atoms with Crippen molar-refractivity contribution in [1.29, 1.82) is 0 Å². The molecule has 1 aromatic heterocycles. The molecule has 0 aliphatic carbocycles. The van der Waals surface area contributed by atoms with Crippen LogP contribution < -0.4 is 4.74 Å². The van der Waals surface area contributed by atoms with Crippen LogP contribution in [0, 0.1) is 0 Å². The van der Waals surface area contributed by atoms with Crippen LogP contribution in [0.4, 0.5) is 0 Å². The molecule has 0 spiro atoms. The highest BCUT2D eigenvalue weighted by molar-refractivity contribution is 9.10. The van der Waals surface area contributed by atoms with E-state index in [0.29, 0.717) is 12.2 Å². The van der Waals surface area contributed by atoms with E-state index in [0.717, 1.165) is 15.9 Å². The first-order chi connectivity index (χ1) is 8.20. The van der Waals surface area contributed by atoms with Crippen LogP contribution in [0.15, 0.2) is 35.1 Å². The SMILES string of the molecule is COc1cc(Br)ccc1C(O)Cc1ncc[nH]1. The molecule has 90 valence electrons. The Morgan fingerprint density at radius 3 is 3.00 bits per heavy atom. The molecule has 1 aromatic carbocycles. The Hall–Kier alpha value is -1.33. The van der Waals surface area contributed by atoms with E-state index in [-0.39, 0.29) is 0 Å². The van der Waals surface area contributed by atoms with E-state index in [1.165, 1.54) is 0 Å². The summed E-state index contributed by atoms with van der Waals surface area (Å²) in [5.74, 6) is 1.42. The fourth-order valence-electron chi connectivity index (χ4n) is 1.66. The van der Waals surface area contributed by atoms with Crippen LogP contribution in [-0.4, -0.2) is 22.2 Å². The predicted octanol–water partition coefficient (Wildman–Crippen LogP) is 2.46. The summed E-state index contributed by atoms with van der Waals surface area (Å²) in [6.45, 7) is 0. The Bertz CT molecular complexity index is 485. The number of hydrogen-bond donors (Lipinski definition) is 2. The smallest absolute Gasteiger partial charge is 0.125 e. The first-order valence-corrected chi connectivity index (χ1v) is 5.99. The number of nitrogens with zero attached hydrogens (tertiary/aromatic N) is 1. The average molecular weight is 297 g/mol. The van der Waals surface area contributed by atoms with Gasteiger partial charge in [-0.3, -0.25) is 0 Å². The van der Waals surface area contributed by atoms with Gasteiger partial charge in [-0.1, -0.05) is 22.0 Å². The van der Waals surface area contributed by atoms with Gasteiger partial charge < -0.3 is 14.8 Å². The maximum Gasteiger partial charge on any atom is 0.125 e. The highest BCUT2D eigenvalue weighted by Gasteiger charge is 2.15. The number of aliphatic hydroxyl groups is 1. The fourth-order valence-corrected chi connectivity index (χ4v) is 2.00. The van der Waals surface area contributed by atoms with Gasteiger partial charge in [0, 0.05) is 28.9 Å². The normalized spacial score (nSPS) is 12.4. The van der Waals surface area contributed by atoms with Crippen molar-refractivity contribution in [1.82, 2.24) is 9.97 Å². The number of ether oxygens (including phenoxy) is 1. The topological polar surface area (TPSA) is 58.1 Å². The number of H-pyrrole nitrogens is 1. The molecule has 17 heavy (non-hydrogen) atoms. The van der Waals surface area contributed by atoms with E-state index in [1.807, 2.05) is 18.2 Å². The summed E-state index contributed by atoms with van der Waals surface area (Å²) in [6, 6.07) is 5.56. The second-order valence-corrected chi connectivity index (χ2v) is 4.56. The lowest BCUT2D eigenvalue weighted by Crippen LogP contribution is -2.05. The van der Waals surface area contributed by atoms with Crippen LogP contribution in [-0.2, 0) is 6.42 Å². The van der Waals surface area contributed by atoms with E-state index >= 15 is 0 Å². The van der Waals surface area contributed by atoms with Crippen LogP contribution in [0.1, 0.15) is 17.5 Å². The van der Waals surface area contributed by atoms with Gasteiger partial charge >= 0.3 is 0 Å². The Kier molecular flexibility index (Phi) is 3.81. The number of imidazole rings is 1. The molecule has 0 saturated carbocycles. The molecule has 0 aliphatic rings. The second-order valence-electron chi connectivity index (χ2n) is 3.64. The van der Waals surface area contributed by atoms with E-state index in [9.17, 15) is 5.11 Å². The number of halogens is 1. The van der Waals surface area contributed by atoms with Gasteiger partial charge in [-0.15, -0.1) is 0 Å². The summed E-state index contributed by atoms with van der Waals surface area (Å²) in [4.78, 5) is 7.05. The van der Waals surface area contributed by atoms with E-state index in [1.54, 1.807) is 19.5 Å². The van der Waals surface area contributed by atoms with Crippen LogP contribution in [0.25, 0.3) is 0 Å². The van der Waals surface area contributed by atoms with Gasteiger partial charge in [0.05, 0.1) is 13.2 Å². The van der Waals surface area contributed by atoms with Gasteiger partial charge in [0.25, 0.3) is 0 Å². The number of rotatable bonds is 4. The molecule has 1 heterocycles. The summed E-state index contributed by atoms with van der Waals surface area (Å²) in [6.07, 6.45) is 3.21. The molecule has 5 heteroatoms. The number of methoxy groups -OCH3 is 1. The maximum atomic E-state index is 10.1. The average Bonchev–Trinajstić information content (AvgIpc) is 2.81. The number of aromatic nitrogens is 2. The third-order valence-electron chi connectivity index (χ3n) is 2.50. The zero-order chi connectivity index (χ0) is 12.3. The molecule has 0 amide bonds. The van der Waals surface area contributed by atoms with Crippen molar-refractivity contribution in [3.8, 4) is 5.75 Å². The molecule has 0 aliphatic heterocycles. The van der Waals surface area contributed by atoms with Gasteiger partial charge in [-0.05, 0) is 12.1 Å². The standard InChI is InChI=1S/C12H13BrN2O2/c1-17-11-6-8(13)2-3-9(11)10(16)7-12-14-4-5-15-12/h2-6,10,16H,7H2,1H3,(H,14,15). The van der Waals surface area contributed by atoms with Crippen LogP contribution in [0.3, 0.4) is 0 Å². The van der Waals surface area contributed by atoms with Crippen LogP contribution in [0.2, 0.25) is 0 Å². The third kappa shape index (κ3) is 2.87. The molecule has 2 N–H and O–H groups in total. The minimum atomic E-state index is -0.635. The molecule has 1 atom stereocenters. The molecule has 0 saturated heterocycles. The first kappa shape index (κ1) is 12.1. The lowest BCUT2D eigenvalue weighted by Gasteiger charge is -2.14. The largest absolute Gasteiger partial charge is 0.496 e. The van der Waals surface area contributed by atoms with E-state index in [4.69, 9.17) is 4.74 Å². The van der Waals surface area contributed by atoms with Crippen molar-refractivity contribution in [3.05, 3.63) is 46.5 Å². The van der Waals surface area contributed by atoms with Crippen molar-refractivity contribution < 1.29 is 9.84 Å². The first-order valence-electron chi connectivity index (χ1n) is 5.20. The molecule has 0 bridgehead atoms. The molecule has 0 fully saturated rings. The van der Waals surface area contributed by atoms with Crippen molar-refractivity contribution >= 4 is 15.9 Å². The van der Waals surface area contributed by atoms with E-state index in [2.05, 4.69) is 25.9 Å². The summed E-state index contributed by atoms with van der Waals surface area (Å²) >= 11 is 3.37. The van der Waals surface area contributed by atoms with Gasteiger partial charge in [0.2, 0.25) is 0 Å². The van der Waals surface area contributed by atoms with Gasteiger partial charge in [-0.2, -0.15) is 0 Å². The van der Waals surface area contributed by atoms with Crippen molar-refractivity contribution in [2.24, 2.45) is 0 Å². The Balaban J connectivity index is 2.21. The number of nitrogens with one attached hydrogen (secondary N) is 1. The molecular formula is C12H13BrN2O2. The quantitative estimate of drug-likeness (QED) is 0.911. The molecule has 4 nitrogen and oxygen atoms in total. The molecule has 1 unspecified atom stereocenters. The van der Waals surface area contributed by atoms with Crippen molar-refractivity contribution in [2.45, 2.75) is 12.5 Å². The summed E-state index contributed by atoms with van der Waals surface area (Å²) in [5, 5.41) is 10.1. The van der Waals surface area contributed by atoms with E-state index < -0.39 is 6.10 Å². The number of benzene rings is 1. The number of hydrogen-bond acceptors (Lipinski definition) is 3. The third-order valence-corrected chi connectivity index (χ3v) is 2.99. The molecule has 0 radical (unpaired) electrons. The molecule has 2 rings (SSSR count). The minimum absolute atomic E-state index is 0.436. The minimum Gasteiger partial charge on any atom is -0.496 e. The summed E-state index contributed by atoms with van der Waals surface area (Å²) in [7, 11) is 1.59. The van der Waals surface area contributed by atoms with Gasteiger partial charge in [-0.25, -0.2) is 4.98 Å². The fraction of sp³-hybridized carbons (Fsp3) is 0.250. The lowest BCUT2D eigenvalue weighted by molar-refractivity contribution is 0.171. The van der Waals surface area contributed by atoms with Gasteiger partial charge in [0.1, 0.15) is 11.6 Å². The van der Waals surface area contributed by atoms with Crippen molar-refractivity contribution in [2.75, 3.05) is 7.11 Å². The highest BCUT2D eigenvalue weighted by atomic mass is 79.9.